The Labute approximate surface area is 136 Å². The lowest BCUT2D eigenvalue weighted by molar-refractivity contribution is 0.0532. The average Bonchev–Trinajstić information content (AvgIpc) is 2.96. The molecule has 0 aliphatic carbocycles. The van der Waals surface area contributed by atoms with Gasteiger partial charge in [0.1, 0.15) is 21.5 Å². The van der Waals surface area contributed by atoms with Gasteiger partial charge in [0, 0.05) is 5.56 Å². The first-order chi connectivity index (χ1) is 11.0. The molecule has 0 saturated carbocycles. The van der Waals surface area contributed by atoms with Crippen molar-refractivity contribution in [2.45, 2.75) is 13.8 Å². The Morgan fingerprint density at radius 3 is 2.87 bits per heavy atom. The highest BCUT2D eigenvalue weighted by molar-refractivity contribution is 7.16. The van der Waals surface area contributed by atoms with E-state index in [0.717, 1.165) is 5.56 Å². The van der Waals surface area contributed by atoms with Gasteiger partial charge in [0.15, 0.2) is 0 Å². The molecule has 118 valence electrons. The van der Waals surface area contributed by atoms with Crippen molar-refractivity contribution in [1.82, 2.24) is 4.98 Å². The van der Waals surface area contributed by atoms with Crippen LogP contribution < -0.4 is 0 Å². The number of phenolic OH excluding ortho intramolecular Hbond substituents is 1. The largest absolute Gasteiger partial charge is 0.507 e. The molecule has 2 aromatic carbocycles. The zero-order valence-electron chi connectivity index (χ0n) is 12.6. The third-order valence-electron chi connectivity index (χ3n) is 3.35. The van der Waals surface area contributed by atoms with Crippen molar-refractivity contribution in [1.29, 1.82) is 0 Å². The van der Waals surface area contributed by atoms with E-state index in [1.807, 2.05) is 0 Å². The second-order valence-electron chi connectivity index (χ2n) is 5.09. The first-order valence-corrected chi connectivity index (χ1v) is 7.87. The number of hydrogen-bond donors (Lipinski definition) is 1. The van der Waals surface area contributed by atoms with E-state index in [1.165, 1.54) is 29.7 Å². The molecular formula is C17H14FNO3S. The number of benzene rings is 2. The summed E-state index contributed by atoms with van der Waals surface area (Å²) in [6, 6.07) is 6.37. The zero-order chi connectivity index (χ0) is 16.6. The van der Waals surface area contributed by atoms with E-state index >= 15 is 0 Å². The van der Waals surface area contributed by atoms with Gasteiger partial charge in [0.25, 0.3) is 0 Å². The number of carbonyl (C=O) groups is 1. The lowest BCUT2D eigenvalue weighted by Crippen LogP contribution is -2.01. The Morgan fingerprint density at radius 2 is 2.13 bits per heavy atom. The van der Waals surface area contributed by atoms with Gasteiger partial charge in [-0.15, -0.1) is 11.3 Å². The van der Waals surface area contributed by atoms with Crippen molar-refractivity contribution in [2.75, 3.05) is 6.61 Å². The van der Waals surface area contributed by atoms with Gasteiger partial charge in [-0.05, 0) is 43.0 Å². The zero-order valence-corrected chi connectivity index (χ0v) is 13.4. The Balaban J connectivity index is 2.09. The number of aromatic hydroxyl groups is 1. The Morgan fingerprint density at radius 1 is 1.35 bits per heavy atom. The number of aryl methyl sites for hydroxylation is 1. The molecule has 0 saturated heterocycles. The maximum absolute atomic E-state index is 14.0. The van der Waals surface area contributed by atoms with Crippen LogP contribution in [-0.4, -0.2) is 22.7 Å². The monoisotopic (exact) mass is 331 g/mol. The summed E-state index contributed by atoms with van der Waals surface area (Å²) >= 11 is 1.17. The number of esters is 1. The minimum atomic E-state index is -0.463. The molecule has 3 aromatic rings. The second-order valence-corrected chi connectivity index (χ2v) is 6.12. The third kappa shape index (κ3) is 2.90. The summed E-state index contributed by atoms with van der Waals surface area (Å²) in [5, 5.41) is 11.5. The van der Waals surface area contributed by atoms with Crippen LogP contribution in [0.25, 0.3) is 21.3 Å². The van der Waals surface area contributed by atoms with E-state index < -0.39 is 11.8 Å². The van der Waals surface area contributed by atoms with Crippen LogP contribution in [0.4, 0.5) is 4.39 Å². The van der Waals surface area contributed by atoms with Gasteiger partial charge in [-0.3, -0.25) is 0 Å². The number of halogens is 1. The molecule has 1 aromatic heterocycles. The normalized spacial score (nSPS) is 10.9. The van der Waals surface area contributed by atoms with Crippen molar-refractivity contribution >= 4 is 28.1 Å². The first kappa shape index (κ1) is 15.4. The van der Waals surface area contributed by atoms with Crippen LogP contribution in [0.3, 0.4) is 0 Å². The molecule has 4 nitrogen and oxygen atoms in total. The van der Waals surface area contributed by atoms with Crippen LogP contribution in [0.2, 0.25) is 0 Å². The lowest BCUT2D eigenvalue weighted by atomic mass is 10.0. The number of ether oxygens (including phenoxy) is 1. The molecule has 0 radical (unpaired) electrons. The van der Waals surface area contributed by atoms with E-state index in [1.54, 1.807) is 26.0 Å². The molecule has 0 unspecified atom stereocenters. The van der Waals surface area contributed by atoms with E-state index in [-0.39, 0.29) is 11.1 Å². The summed E-state index contributed by atoms with van der Waals surface area (Å²) in [7, 11) is 0. The standard InChI is InChI=1S/C17H14FNO3S/c1-3-22-17(21)14-8-19-16(23-14)11-6-10-4-9(2)5-12(18)15(10)13(20)7-11/h4-8,20H,3H2,1-2H3. The third-order valence-corrected chi connectivity index (χ3v) is 4.38. The SMILES string of the molecule is CCOC(=O)c1cnc(-c2cc(O)c3c(F)cc(C)cc3c2)s1. The number of aromatic nitrogens is 1. The molecule has 0 aliphatic rings. The summed E-state index contributed by atoms with van der Waals surface area (Å²) in [5.41, 5.74) is 1.39. The number of hydrogen-bond acceptors (Lipinski definition) is 5. The summed E-state index contributed by atoms with van der Waals surface area (Å²) in [6.45, 7) is 3.81. The summed E-state index contributed by atoms with van der Waals surface area (Å²) in [5.74, 6) is -1.04. The summed E-state index contributed by atoms with van der Waals surface area (Å²) in [4.78, 5) is 16.3. The summed E-state index contributed by atoms with van der Waals surface area (Å²) in [6.07, 6.45) is 1.44. The van der Waals surface area contributed by atoms with Crippen LogP contribution in [-0.2, 0) is 4.74 Å². The molecule has 1 N–H and O–H groups in total. The van der Waals surface area contributed by atoms with Crippen molar-refractivity contribution in [3.63, 3.8) is 0 Å². The fourth-order valence-electron chi connectivity index (χ4n) is 2.41. The van der Waals surface area contributed by atoms with Crippen molar-refractivity contribution in [3.05, 3.63) is 46.7 Å². The predicted molar refractivity (Wildman–Crippen MR) is 87.4 cm³/mol. The van der Waals surface area contributed by atoms with Crippen molar-refractivity contribution in [2.24, 2.45) is 0 Å². The topological polar surface area (TPSA) is 59.4 Å². The molecule has 1 heterocycles. The average molecular weight is 331 g/mol. The van der Waals surface area contributed by atoms with Gasteiger partial charge in [0.2, 0.25) is 0 Å². The van der Waals surface area contributed by atoms with E-state index in [4.69, 9.17) is 4.74 Å². The highest BCUT2D eigenvalue weighted by Gasteiger charge is 2.15. The molecule has 0 amide bonds. The second kappa shape index (κ2) is 5.96. The fraction of sp³-hybridized carbons (Fsp3) is 0.176. The van der Waals surface area contributed by atoms with Crippen LogP contribution in [0.15, 0.2) is 30.5 Å². The van der Waals surface area contributed by atoms with Gasteiger partial charge >= 0.3 is 5.97 Å². The highest BCUT2D eigenvalue weighted by atomic mass is 32.1. The first-order valence-electron chi connectivity index (χ1n) is 7.05. The number of rotatable bonds is 3. The van der Waals surface area contributed by atoms with E-state index in [2.05, 4.69) is 4.98 Å². The number of fused-ring (bicyclic) bond motifs is 1. The molecule has 23 heavy (non-hydrogen) atoms. The molecule has 6 heteroatoms. The number of phenols is 1. The van der Waals surface area contributed by atoms with Crippen LogP contribution in [0, 0.1) is 12.7 Å². The van der Waals surface area contributed by atoms with E-state index in [9.17, 15) is 14.3 Å². The maximum atomic E-state index is 14.0. The molecule has 0 spiro atoms. The van der Waals surface area contributed by atoms with Crippen LogP contribution in [0.5, 0.6) is 5.75 Å². The van der Waals surface area contributed by atoms with Crippen molar-refractivity contribution in [3.8, 4) is 16.3 Å². The molecule has 0 atom stereocenters. The van der Waals surface area contributed by atoms with Crippen LogP contribution >= 0.6 is 11.3 Å². The Kier molecular flexibility index (Phi) is 4.00. The van der Waals surface area contributed by atoms with Gasteiger partial charge in [-0.1, -0.05) is 6.07 Å². The summed E-state index contributed by atoms with van der Waals surface area (Å²) < 4.78 is 18.9. The number of carbonyl (C=O) groups excluding carboxylic acids is 1. The molecule has 0 fully saturated rings. The molecular weight excluding hydrogens is 317 g/mol. The minimum absolute atomic E-state index is 0.150. The Bertz CT molecular complexity index is 904. The number of thiazole rings is 1. The maximum Gasteiger partial charge on any atom is 0.349 e. The number of nitrogens with zero attached hydrogens (tertiary/aromatic N) is 1. The van der Waals surface area contributed by atoms with Crippen molar-refractivity contribution < 1.29 is 19.0 Å². The van der Waals surface area contributed by atoms with Gasteiger partial charge in [-0.2, -0.15) is 0 Å². The minimum Gasteiger partial charge on any atom is -0.507 e. The van der Waals surface area contributed by atoms with Crippen LogP contribution in [0.1, 0.15) is 22.2 Å². The van der Waals surface area contributed by atoms with Gasteiger partial charge < -0.3 is 9.84 Å². The fourth-order valence-corrected chi connectivity index (χ4v) is 3.21. The smallest absolute Gasteiger partial charge is 0.349 e. The molecule has 0 bridgehead atoms. The van der Waals surface area contributed by atoms with Gasteiger partial charge in [-0.25, -0.2) is 14.2 Å². The van der Waals surface area contributed by atoms with E-state index in [0.29, 0.717) is 27.4 Å². The predicted octanol–water partition coefficient (Wildman–Crippen LogP) is 4.29. The molecule has 0 aliphatic heterocycles. The van der Waals surface area contributed by atoms with Gasteiger partial charge in [0.05, 0.1) is 18.2 Å². The Hall–Kier alpha value is -2.47. The molecule has 3 rings (SSSR count). The lowest BCUT2D eigenvalue weighted by Gasteiger charge is -2.07. The quantitative estimate of drug-likeness (QED) is 0.727. The highest BCUT2D eigenvalue weighted by Crippen LogP contribution is 2.35.